The van der Waals surface area contributed by atoms with Gasteiger partial charge in [0.1, 0.15) is 22.3 Å². The number of anilines is 3. The molecule has 64 heavy (non-hydrogen) atoms. The molecule has 0 spiro atoms. The van der Waals surface area contributed by atoms with E-state index in [4.69, 9.17) is 8.83 Å². The van der Waals surface area contributed by atoms with Crippen molar-refractivity contribution in [1.29, 1.82) is 0 Å². The zero-order valence-corrected chi connectivity index (χ0v) is 34.8. The number of para-hydroxylation sites is 2. The van der Waals surface area contributed by atoms with Gasteiger partial charge in [-0.15, -0.1) is 0 Å². The lowest BCUT2D eigenvalue weighted by atomic mass is 9.68. The minimum Gasteiger partial charge on any atom is -0.456 e. The summed E-state index contributed by atoms with van der Waals surface area (Å²) in [6, 6.07) is 85.4. The highest BCUT2D eigenvalue weighted by Crippen LogP contribution is 2.57. The summed E-state index contributed by atoms with van der Waals surface area (Å²) in [6.45, 7) is 0. The zero-order chi connectivity index (χ0) is 42.2. The monoisotopic (exact) mass is 817 g/mol. The van der Waals surface area contributed by atoms with Crippen LogP contribution in [0.15, 0.2) is 245 Å². The molecule has 0 radical (unpaired) electrons. The summed E-state index contributed by atoms with van der Waals surface area (Å²) in [5.74, 6) is 0. The minimum atomic E-state index is -0.472. The third-order valence-corrected chi connectivity index (χ3v) is 13.4. The van der Waals surface area contributed by atoms with Crippen molar-refractivity contribution in [3.8, 4) is 33.4 Å². The maximum absolute atomic E-state index is 6.32. The summed E-state index contributed by atoms with van der Waals surface area (Å²) in [6.07, 6.45) is 0. The van der Waals surface area contributed by atoms with Gasteiger partial charge >= 0.3 is 0 Å². The second-order valence-electron chi connectivity index (χ2n) is 16.8. The molecule has 12 aromatic rings. The summed E-state index contributed by atoms with van der Waals surface area (Å²) in [4.78, 5) is 2.39. The molecule has 2 heterocycles. The molecule has 3 nitrogen and oxygen atoms in total. The van der Waals surface area contributed by atoms with Crippen LogP contribution in [-0.2, 0) is 5.41 Å². The van der Waals surface area contributed by atoms with Gasteiger partial charge in [-0.3, -0.25) is 0 Å². The molecule has 0 fully saturated rings. The lowest BCUT2D eigenvalue weighted by molar-refractivity contribution is 0.668. The first-order valence-electron chi connectivity index (χ1n) is 21.9. The molecule has 0 unspecified atom stereocenters. The molecule has 0 atom stereocenters. The average molecular weight is 818 g/mol. The Hall–Kier alpha value is -8.40. The van der Waals surface area contributed by atoms with Gasteiger partial charge in [0, 0.05) is 38.6 Å². The molecule has 2 aromatic heterocycles. The third kappa shape index (κ3) is 5.54. The quantitative estimate of drug-likeness (QED) is 0.160. The second-order valence-corrected chi connectivity index (χ2v) is 16.8. The normalized spacial score (nSPS) is 12.8. The molecule has 0 aliphatic heterocycles. The van der Waals surface area contributed by atoms with Crippen molar-refractivity contribution in [1.82, 2.24) is 0 Å². The van der Waals surface area contributed by atoms with Crippen LogP contribution in [-0.4, -0.2) is 0 Å². The van der Waals surface area contributed by atoms with Crippen LogP contribution in [0.4, 0.5) is 17.1 Å². The van der Waals surface area contributed by atoms with Gasteiger partial charge in [0.15, 0.2) is 0 Å². The van der Waals surface area contributed by atoms with Crippen LogP contribution in [0.1, 0.15) is 22.3 Å². The van der Waals surface area contributed by atoms with E-state index >= 15 is 0 Å². The lowest BCUT2D eigenvalue weighted by Crippen LogP contribution is -2.28. The predicted molar refractivity (Wildman–Crippen MR) is 264 cm³/mol. The fourth-order valence-electron chi connectivity index (χ4n) is 10.5. The molecule has 3 heteroatoms. The number of rotatable bonds is 7. The van der Waals surface area contributed by atoms with Gasteiger partial charge in [-0.1, -0.05) is 164 Å². The Balaban J connectivity index is 0.953. The highest BCUT2D eigenvalue weighted by Gasteiger charge is 2.46. The fraction of sp³-hybridized carbons (Fsp3) is 0.0164. The summed E-state index contributed by atoms with van der Waals surface area (Å²) >= 11 is 0. The third-order valence-electron chi connectivity index (χ3n) is 13.4. The van der Waals surface area contributed by atoms with Crippen LogP contribution in [0, 0.1) is 0 Å². The second kappa shape index (κ2) is 14.3. The van der Waals surface area contributed by atoms with E-state index in [1.807, 2.05) is 24.3 Å². The molecular formula is C61H39NO2. The topological polar surface area (TPSA) is 29.5 Å². The number of hydrogen-bond donors (Lipinski definition) is 0. The number of hydrogen-bond acceptors (Lipinski definition) is 3. The molecule has 10 aromatic carbocycles. The van der Waals surface area contributed by atoms with E-state index in [0.717, 1.165) is 83.2 Å². The van der Waals surface area contributed by atoms with Crippen LogP contribution in [0.3, 0.4) is 0 Å². The Labute approximate surface area is 370 Å². The van der Waals surface area contributed by atoms with Gasteiger partial charge in [-0.25, -0.2) is 0 Å². The summed E-state index contributed by atoms with van der Waals surface area (Å²) in [7, 11) is 0. The Kier molecular flexibility index (Phi) is 8.13. The number of benzene rings is 10. The Morgan fingerprint density at radius 2 is 0.766 bits per heavy atom. The van der Waals surface area contributed by atoms with Crippen molar-refractivity contribution in [2.75, 3.05) is 4.90 Å². The minimum absolute atomic E-state index is 0.472. The number of fused-ring (bicyclic) bond motifs is 9. The largest absolute Gasteiger partial charge is 0.456 e. The summed E-state index contributed by atoms with van der Waals surface area (Å²) in [5.41, 5.74) is 18.5. The molecule has 0 amide bonds. The van der Waals surface area contributed by atoms with E-state index in [1.54, 1.807) is 0 Å². The van der Waals surface area contributed by atoms with Crippen molar-refractivity contribution in [2.24, 2.45) is 0 Å². The lowest BCUT2D eigenvalue weighted by Gasteiger charge is -2.34. The van der Waals surface area contributed by atoms with Crippen molar-refractivity contribution in [2.45, 2.75) is 5.41 Å². The van der Waals surface area contributed by atoms with E-state index in [0.29, 0.717) is 0 Å². The van der Waals surface area contributed by atoms with Gasteiger partial charge < -0.3 is 13.7 Å². The van der Waals surface area contributed by atoms with Crippen molar-refractivity contribution in [3.63, 3.8) is 0 Å². The summed E-state index contributed by atoms with van der Waals surface area (Å²) in [5, 5.41) is 4.46. The highest BCUT2D eigenvalue weighted by molar-refractivity contribution is 6.07. The molecule has 1 aliphatic rings. The van der Waals surface area contributed by atoms with Gasteiger partial charge in [-0.05, 0) is 128 Å². The van der Waals surface area contributed by atoms with Crippen LogP contribution < -0.4 is 4.90 Å². The van der Waals surface area contributed by atoms with Crippen LogP contribution in [0.2, 0.25) is 0 Å². The molecule has 0 saturated carbocycles. The Bertz CT molecular complexity index is 3690. The maximum Gasteiger partial charge on any atom is 0.135 e. The van der Waals surface area contributed by atoms with E-state index < -0.39 is 5.41 Å². The Morgan fingerprint density at radius 3 is 1.47 bits per heavy atom. The van der Waals surface area contributed by atoms with E-state index in [2.05, 4.69) is 217 Å². The molecular weight excluding hydrogens is 779 g/mol. The van der Waals surface area contributed by atoms with Crippen LogP contribution >= 0.6 is 0 Å². The predicted octanol–water partition coefficient (Wildman–Crippen LogP) is 16.7. The average Bonchev–Trinajstić information content (AvgIpc) is 4.03. The van der Waals surface area contributed by atoms with Gasteiger partial charge in [-0.2, -0.15) is 0 Å². The first-order valence-corrected chi connectivity index (χ1v) is 21.9. The van der Waals surface area contributed by atoms with E-state index in [1.165, 1.54) is 33.4 Å². The smallest absolute Gasteiger partial charge is 0.135 e. The molecule has 1 aliphatic carbocycles. The molecule has 13 rings (SSSR count). The number of furan rings is 2. The van der Waals surface area contributed by atoms with Crippen molar-refractivity contribution >= 4 is 60.9 Å². The molecule has 300 valence electrons. The maximum atomic E-state index is 6.32. The van der Waals surface area contributed by atoms with Crippen molar-refractivity contribution < 1.29 is 8.83 Å². The summed E-state index contributed by atoms with van der Waals surface area (Å²) < 4.78 is 12.5. The van der Waals surface area contributed by atoms with E-state index in [-0.39, 0.29) is 0 Å². The Morgan fingerprint density at radius 1 is 0.281 bits per heavy atom. The fourth-order valence-corrected chi connectivity index (χ4v) is 10.5. The zero-order valence-electron chi connectivity index (χ0n) is 34.8. The number of nitrogens with zero attached hydrogens (tertiary/aromatic N) is 1. The highest BCUT2D eigenvalue weighted by atomic mass is 16.3. The molecule has 0 N–H and O–H groups in total. The van der Waals surface area contributed by atoms with Gasteiger partial charge in [0.2, 0.25) is 0 Å². The van der Waals surface area contributed by atoms with Crippen molar-refractivity contribution in [3.05, 3.63) is 259 Å². The molecule has 0 bridgehead atoms. The van der Waals surface area contributed by atoms with Crippen LogP contribution in [0.5, 0.6) is 0 Å². The molecule has 0 saturated heterocycles. The van der Waals surface area contributed by atoms with Gasteiger partial charge in [0.05, 0.1) is 5.41 Å². The first kappa shape index (κ1) is 36.3. The van der Waals surface area contributed by atoms with Gasteiger partial charge in [0.25, 0.3) is 0 Å². The van der Waals surface area contributed by atoms with E-state index in [9.17, 15) is 0 Å². The SMILES string of the molecule is c1ccc(C2(c3ccccc3)c3ccccc3-c3cc(N(c4ccc(-c5cccc(-c6ccc7oc8ccccc8c7c6)c5)cc4)c4ccc5oc6ccccc6c5c4)ccc32)cc1. The first-order chi connectivity index (χ1) is 31.7. The van der Waals surface area contributed by atoms with Crippen LogP contribution in [0.25, 0.3) is 77.3 Å². The standard InChI is InChI=1S/C61H39NO2/c1-3-16-44(17-4-1)61(45-18-5-2-6-19-45)55-23-10-7-20-49(55)52-38-47(31-33-56(52)61)62(48-32-35-60-54(39-48)51-22-9-12-25-58(51)64-60)46-29-26-40(27-30-46)41-14-13-15-42(36-41)43-28-34-59-53(37-43)50-21-8-11-24-57(50)63-59/h1-39H.